The number of benzene rings is 2. The average molecular weight is 382 g/mol. The molecular weight excluding hydrogens is 369 g/mol. The van der Waals surface area contributed by atoms with Gasteiger partial charge in [-0.3, -0.25) is 10.1 Å². The Morgan fingerprint density at radius 1 is 1.30 bits per heavy atom. The van der Waals surface area contributed by atoms with Gasteiger partial charge in [-0.15, -0.1) is 0 Å². The predicted octanol–water partition coefficient (Wildman–Crippen LogP) is 4.42. The third-order valence-corrected chi connectivity index (χ3v) is 3.53. The van der Waals surface area contributed by atoms with E-state index in [1.165, 1.54) is 25.3 Å². The summed E-state index contributed by atoms with van der Waals surface area (Å²) in [6.45, 7) is 0.235. The molecule has 0 unspecified atom stereocenters. The van der Waals surface area contributed by atoms with Crippen LogP contribution in [0.5, 0.6) is 11.5 Å². The van der Waals surface area contributed by atoms with Gasteiger partial charge in [0.05, 0.1) is 16.5 Å². The van der Waals surface area contributed by atoms with Crippen molar-refractivity contribution < 1.29 is 18.8 Å². The second kappa shape index (κ2) is 7.73. The van der Waals surface area contributed by atoms with Gasteiger partial charge in [-0.05, 0) is 51.3 Å². The third-order valence-electron chi connectivity index (χ3n) is 2.94. The fourth-order valence-electron chi connectivity index (χ4n) is 1.86. The zero-order valence-corrected chi connectivity index (χ0v) is 13.7. The van der Waals surface area contributed by atoms with Gasteiger partial charge in [-0.1, -0.05) is 12.1 Å². The normalized spacial score (nSPS) is 10.7. The Bertz CT molecular complexity index is 732. The van der Waals surface area contributed by atoms with E-state index in [0.29, 0.717) is 21.5 Å². The molecule has 0 aliphatic carbocycles. The molecule has 0 spiro atoms. The topological polar surface area (TPSA) is 61.6 Å². The van der Waals surface area contributed by atoms with Crippen molar-refractivity contribution in [1.82, 2.24) is 0 Å². The number of nitrogens with zero attached hydrogens (tertiary/aromatic N) is 1. The number of hydrogen-bond donors (Lipinski definition) is 0. The van der Waals surface area contributed by atoms with Crippen molar-refractivity contribution >= 4 is 22.0 Å². The van der Waals surface area contributed by atoms with Crippen LogP contribution in [0.3, 0.4) is 0 Å². The first kappa shape index (κ1) is 17.0. The van der Waals surface area contributed by atoms with Gasteiger partial charge in [0.1, 0.15) is 12.4 Å². The second-order valence-electron chi connectivity index (χ2n) is 4.55. The second-order valence-corrected chi connectivity index (χ2v) is 5.40. The molecular formula is C16H13BrFNO4. The minimum Gasteiger partial charge on any atom is -0.493 e. The van der Waals surface area contributed by atoms with E-state index in [4.69, 9.17) is 9.47 Å². The predicted molar refractivity (Wildman–Crippen MR) is 87.5 cm³/mol. The molecule has 7 heteroatoms. The molecule has 0 saturated heterocycles. The van der Waals surface area contributed by atoms with Crippen LogP contribution in [-0.4, -0.2) is 12.0 Å². The summed E-state index contributed by atoms with van der Waals surface area (Å²) in [6, 6.07) is 9.29. The van der Waals surface area contributed by atoms with Crippen molar-refractivity contribution in [2.24, 2.45) is 0 Å². The highest BCUT2D eigenvalue weighted by atomic mass is 79.9. The fourth-order valence-corrected chi connectivity index (χ4v) is 2.43. The van der Waals surface area contributed by atoms with Crippen molar-refractivity contribution in [2.75, 3.05) is 7.11 Å². The summed E-state index contributed by atoms with van der Waals surface area (Å²) in [5, 5.41) is 10.4. The number of hydrogen-bond acceptors (Lipinski definition) is 4. The van der Waals surface area contributed by atoms with Crippen molar-refractivity contribution in [2.45, 2.75) is 6.61 Å². The van der Waals surface area contributed by atoms with Gasteiger partial charge in [0, 0.05) is 6.08 Å². The molecule has 0 heterocycles. The molecule has 0 aliphatic heterocycles. The summed E-state index contributed by atoms with van der Waals surface area (Å²) in [7, 11) is 1.48. The van der Waals surface area contributed by atoms with Crippen LogP contribution in [-0.2, 0) is 6.61 Å². The standard InChI is InChI=1S/C16H13BrFNO4/c1-22-15-9-12(6-7-19(20)21)8-14(17)16(15)23-10-11-2-4-13(18)5-3-11/h2-9H,10H2,1H3. The highest BCUT2D eigenvalue weighted by Crippen LogP contribution is 2.37. The number of methoxy groups -OCH3 is 1. The Morgan fingerprint density at radius 3 is 2.61 bits per heavy atom. The molecule has 0 bridgehead atoms. The SMILES string of the molecule is COc1cc(C=C[N+](=O)[O-])cc(Br)c1OCc1ccc(F)cc1. The summed E-state index contributed by atoms with van der Waals surface area (Å²) < 4.78 is 24.5. The van der Waals surface area contributed by atoms with Crippen LogP contribution in [0.15, 0.2) is 47.1 Å². The van der Waals surface area contributed by atoms with Crippen LogP contribution in [0.4, 0.5) is 4.39 Å². The van der Waals surface area contributed by atoms with Crippen LogP contribution >= 0.6 is 15.9 Å². The summed E-state index contributed by atoms with van der Waals surface area (Å²) in [4.78, 5) is 9.84. The first-order valence-electron chi connectivity index (χ1n) is 6.56. The summed E-state index contributed by atoms with van der Waals surface area (Å²) >= 11 is 3.36. The number of ether oxygens (including phenoxy) is 2. The number of rotatable bonds is 6. The van der Waals surface area contributed by atoms with E-state index in [0.717, 1.165) is 11.8 Å². The molecule has 0 atom stereocenters. The van der Waals surface area contributed by atoms with Crippen LogP contribution in [0.1, 0.15) is 11.1 Å². The average Bonchev–Trinajstić information content (AvgIpc) is 2.53. The molecule has 0 radical (unpaired) electrons. The summed E-state index contributed by atoms with van der Waals surface area (Å²) in [6.07, 6.45) is 2.21. The maximum atomic E-state index is 12.9. The molecule has 0 aliphatic rings. The van der Waals surface area contributed by atoms with Crippen LogP contribution < -0.4 is 9.47 Å². The lowest BCUT2D eigenvalue weighted by atomic mass is 10.2. The molecule has 0 fully saturated rings. The van der Waals surface area contributed by atoms with E-state index in [-0.39, 0.29) is 12.4 Å². The van der Waals surface area contributed by atoms with Gasteiger partial charge in [0.2, 0.25) is 6.20 Å². The first-order chi connectivity index (χ1) is 11.0. The van der Waals surface area contributed by atoms with Crippen molar-refractivity contribution in [3.63, 3.8) is 0 Å². The number of nitro groups is 1. The van der Waals surface area contributed by atoms with E-state index in [2.05, 4.69) is 15.9 Å². The molecule has 2 aromatic carbocycles. The monoisotopic (exact) mass is 381 g/mol. The molecule has 2 aromatic rings. The van der Waals surface area contributed by atoms with Gasteiger partial charge < -0.3 is 9.47 Å². The molecule has 0 N–H and O–H groups in total. The van der Waals surface area contributed by atoms with Crippen LogP contribution in [0, 0.1) is 15.9 Å². The Kier molecular flexibility index (Phi) is 5.70. The molecule has 23 heavy (non-hydrogen) atoms. The highest BCUT2D eigenvalue weighted by Gasteiger charge is 2.11. The summed E-state index contributed by atoms with van der Waals surface area (Å²) in [5.41, 5.74) is 1.40. The Morgan fingerprint density at radius 2 is 2.00 bits per heavy atom. The smallest absolute Gasteiger partial charge is 0.235 e. The highest BCUT2D eigenvalue weighted by molar-refractivity contribution is 9.10. The van der Waals surface area contributed by atoms with Gasteiger partial charge >= 0.3 is 0 Å². The maximum Gasteiger partial charge on any atom is 0.235 e. The van der Waals surface area contributed by atoms with E-state index in [1.807, 2.05) is 0 Å². The lowest BCUT2D eigenvalue weighted by Gasteiger charge is -2.13. The minimum atomic E-state index is -0.542. The Balaban J connectivity index is 2.20. The zero-order chi connectivity index (χ0) is 16.8. The molecule has 0 saturated carbocycles. The quantitative estimate of drug-likeness (QED) is 0.548. The molecule has 0 amide bonds. The third kappa shape index (κ3) is 4.79. The molecule has 120 valence electrons. The number of halogens is 2. The largest absolute Gasteiger partial charge is 0.493 e. The van der Waals surface area contributed by atoms with Gasteiger partial charge in [0.25, 0.3) is 0 Å². The lowest BCUT2D eigenvalue weighted by Crippen LogP contribution is -1.99. The summed E-state index contributed by atoms with van der Waals surface area (Å²) in [5.74, 6) is 0.592. The molecule has 5 nitrogen and oxygen atoms in total. The lowest BCUT2D eigenvalue weighted by molar-refractivity contribution is -0.400. The molecule has 2 rings (SSSR count). The first-order valence-corrected chi connectivity index (χ1v) is 7.35. The minimum absolute atomic E-state index is 0.235. The fraction of sp³-hybridized carbons (Fsp3) is 0.125. The van der Waals surface area contributed by atoms with Crippen LogP contribution in [0.2, 0.25) is 0 Å². The van der Waals surface area contributed by atoms with E-state index < -0.39 is 4.92 Å². The zero-order valence-electron chi connectivity index (χ0n) is 12.2. The molecule has 0 aromatic heterocycles. The van der Waals surface area contributed by atoms with Gasteiger partial charge in [-0.2, -0.15) is 0 Å². The van der Waals surface area contributed by atoms with E-state index in [1.54, 1.807) is 24.3 Å². The van der Waals surface area contributed by atoms with Gasteiger partial charge in [0.15, 0.2) is 11.5 Å². The van der Waals surface area contributed by atoms with Crippen molar-refractivity contribution in [1.29, 1.82) is 0 Å². The van der Waals surface area contributed by atoms with Gasteiger partial charge in [-0.25, -0.2) is 4.39 Å². The van der Waals surface area contributed by atoms with Crippen molar-refractivity contribution in [3.8, 4) is 11.5 Å². The van der Waals surface area contributed by atoms with E-state index in [9.17, 15) is 14.5 Å². The maximum absolute atomic E-state index is 12.9. The Hall–Kier alpha value is -2.41. The van der Waals surface area contributed by atoms with E-state index >= 15 is 0 Å². The van der Waals surface area contributed by atoms with Crippen LogP contribution in [0.25, 0.3) is 6.08 Å². The Labute approximate surface area is 140 Å². The van der Waals surface area contributed by atoms with Crippen molar-refractivity contribution in [3.05, 3.63) is 74.1 Å².